The minimum Gasteiger partial charge on any atom is -0.429 e. The number of halogens is 3. The Kier molecular flexibility index (Phi) is 5.54. The van der Waals surface area contributed by atoms with Crippen LogP contribution in [0.5, 0.6) is 5.75 Å². The van der Waals surface area contributed by atoms with E-state index in [4.69, 9.17) is 4.74 Å². The van der Waals surface area contributed by atoms with Crippen molar-refractivity contribution in [2.75, 3.05) is 0 Å². The number of fused-ring (bicyclic) bond motifs is 1. The molecule has 3 rings (SSSR count). The summed E-state index contributed by atoms with van der Waals surface area (Å²) in [5, 5.41) is 1.26. The quantitative estimate of drug-likeness (QED) is 0.450. The fourth-order valence-electron chi connectivity index (χ4n) is 3.00. The molecule has 0 saturated carbocycles. The van der Waals surface area contributed by atoms with Gasteiger partial charge in [-0.05, 0) is 66.1 Å². The van der Waals surface area contributed by atoms with E-state index in [2.05, 4.69) is 0 Å². The Balaban J connectivity index is 1.87. The molecule has 0 saturated heterocycles. The van der Waals surface area contributed by atoms with Crippen molar-refractivity contribution in [3.8, 4) is 5.75 Å². The van der Waals surface area contributed by atoms with Crippen molar-refractivity contribution in [1.82, 2.24) is 0 Å². The maximum absolute atomic E-state index is 14.5. The van der Waals surface area contributed by atoms with E-state index in [-0.39, 0.29) is 11.3 Å². The standard InChI is InChI=1S/C23H21F3O/c1-3-5-16-7-10-20(11-8-16)23(25,26)27-21-12-9-17-13-18(6-4-2)22(24)15-19(17)14-21/h4,6-15H,3,5H2,1-2H3/b6-4+. The first-order chi connectivity index (χ1) is 12.9. The summed E-state index contributed by atoms with van der Waals surface area (Å²) >= 11 is 0. The maximum Gasteiger partial charge on any atom is 0.426 e. The number of benzene rings is 3. The van der Waals surface area contributed by atoms with Crippen LogP contribution in [0.4, 0.5) is 13.2 Å². The van der Waals surface area contributed by atoms with Crippen molar-refractivity contribution in [1.29, 1.82) is 0 Å². The summed E-state index contributed by atoms with van der Waals surface area (Å²) in [6.45, 7) is 3.84. The zero-order chi connectivity index (χ0) is 19.4. The molecule has 0 N–H and O–H groups in total. The smallest absolute Gasteiger partial charge is 0.426 e. The van der Waals surface area contributed by atoms with Gasteiger partial charge in [0.25, 0.3) is 0 Å². The van der Waals surface area contributed by atoms with Crippen molar-refractivity contribution in [2.45, 2.75) is 32.8 Å². The van der Waals surface area contributed by atoms with Gasteiger partial charge in [0, 0.05) is 5.56 Å². The summed E-state index contributed by atoms with van der Waals surface area (Å²) in [5.41, 5.74) is 1.25. The Morgan fingerprint density at radius 1 is 0.963 bits per heavy atom. The third-order valence-electron chi connectivity index (χ3n) is 4.35. The highest BCUT2D eigenvalue weighted by atomic mass is 19.3. The topological polar surface area (TPSA) is 9.23 Å². The Morgan fingerprint density at radius 3 is 2.37 bits per heavy atom. The van der Waals surface area contributed by atoms with E-state index in [1.54, 1.807) is 43.3 Å². The third kappa shape index (κ3) is 4.33. The maximum atomic E-state index is 14.5. The molecule has 27 heavy (non-hydrogen) atoms. The number of allylic oxidation sites excluding steroid dienone is 1. The van der Waals surface area contributed by atoms with Crippen LogP contribution in [-0.4, -0.2) is 0 Å². The number of aryl methyl sites for hydroxylation is 1. The number of hydrogen-bond acceptors (Lipinski definition) is 1. The molecule has 140 valence electrons. The lowest BCUT2D eigenvalue weighted by Gasteiger charge is -2.19. The zero-order valence-electron chi connectivity index (χ0n) is 15.3. The molecule has 1 nitrogen and oxygen atoms in total. The van der Waals surface area contributed by atoms with E-state index in [0.717, 1.165) is 23.8 Å². The first-order valence-electron chi connectivity index (χ1n) is 8.95. The Hall–Kier alpha value is -2.75. The molecule has 0 amide bonds. The van der Waals surface area contributed by atoms with Crippen LogP contribution < -0.4 is 4.74 Å². The molecule has 0 aliphatic heterocycles. The highest BCUT2D eigenvalue weighted by Gasteiger charge is 2.34. The van der Waals surface area contributed by atoms with Crippen LogP contribution in [0.2, 0.25) is 0 Å². The summed E-state index contributed by atoms with van der Waals surface area (Å²) in [4.78, 5) is 0. The molecular weight excluding hydrogens is 349 g/mol. The lowest BCUT2D eigenvalue weighted by atomic mass is 10.1. The average Bonchev–Trinajstić information content (AvgIpc) is 2.63. The normalized spacial score (nSPS) is 12.0. The zero-order valence-corrected chi connectivity index (χ0v) is 15.3. The molecule has 0 aromatic heterocycles. The van der Waals surface area contributed by atoms with Crippen LogP contribution in [-0.2, 0) is 12.5 Å². The highest BCUT2D eigenvalue weighted by molar-refractivity contribution is 5.86. The highest BCUT2D eigenvalue weighted by Crippen LogP contribution is 2.33. The van der Waals surface area contributed by atoms with Gasteiger partial charge in [-0.15, -0.1) is 0 Å². The fraction of sp³-hybridized carbons (Fsp3) is 0.217. The van der Waals surface area contributed by atoms with Gasteiger partial charge < -0.3 is 4.74 Å². The van der Waals surface area contributed by atoms with Gasteiger partial charge in [0.2, 0.25) is 0 Å². The second-order valence-corrected chi connectivity index (χ2v) is 6.45. The SMILES string of the molecule is C/C=C/c1cc2ccc(OC(F)(F)c3ccc(CCC)cc3)cc2cc1F. The Labute approximate surface area is 157 Å². The second-order valence-electron chi connectivity index (χ2n) is 6.45. The summed E-state index contributed by atoms with van der Waals surface area (Å²) in [6, 6.07) is 13.7. The van der Waals surface area contributed by atoms with E-state index < -0.39 is 11.9 Å². The molecule has 0 heterocycles. The average molecular weight is 370 g/mol. The molecule has 0 unspecified atom stereocenters. The third-order valence-corrected chi connectivity index (χ3v) is 4.35. The Morgan fingerprint density at radius 2 is 1.70 bits per heavy atom. The van der Waals surface area contributed by atoms with Gasteiger partial charge in [0.15, 0.2) is 0 Å². The first-order valence-corrected chi connectivity index (χ1v) is 8.95. The summed E-state index contributed by atoms with van der Waals surface area (Å²) in [7, 11) is 0. The molecule has 0 aliphatic rings. The van der Waals surface area contributed by atoms with Gasteiger partial charge in [0.1, 0.15) is 11.6 Å². The molecule has 4 heteroatoms. The van der Waals surface area contributed by atoms with Crippen molar-refractivity contribution < 1.29 is 17.9 Å². The number of ether oxygens (including phenoxy) is 1. The number of rotatable bonds is 6. The molecule has 0 atom stereocenters. The molecule has 0 aliphatic carbocycles. The predicted molar refractivity (Wildman–Crippen MR) is 104 cm³/mol. The van der Waals surface area contributed by atoms with Crippen molar-refractivity contribution in [3.63, 3.8) is 0 Å². The van der Waals surface area contributed by atoms with Gasteiger partial charge >= 0.3 is 6.11 Å². The van der Waals surface area contributed by atoms with Crippen molar-refractivity contribution in [3.05, 3.63) is 83.2 Å². The van der Waals surface area contributed by atoms with E-state index in [1.807, 2.05) is 6.92 Å². The van der Waals surface area contributed by atoms with Crippen LogP contribution in [0.25, 0.3) is 16.8 Å². The lowest BCUT2D eigenvalue weighted by molar-refractivity contribution is -0.185. The van der Waals surface area contributed by atoms with Gasteiger partial charge in [0.05, 0.1) is 5.56 Å². The van der Waals surface area contributed by atoms with Crippen LogP contribution >= 0.6 is 0 Å². The van der Waals surface area contributed by atoms with Crippen molar-refractivity contribution in [2.24, 2.45) is 0 Å². The van der Waals surface area contributed by atoms with Crippen LogP contribution in [0.3, 0.4) is 0 Å². The second kappa shape index (κ2) is 7.87. The monoisotopic (exact) mass is 370 g/mol. The lowest BCUT2D eigenvalue weighted by Crippen LogP contribution is -2.21. The van der Waals surface area contributed by atoms with E-state index in [1.165, 1.54) is 30.3 Å². The fourth-order valence-corrected chi connectivity index (χ4v) is 3.00. The van der Waals surface area contributed by atoms with Crippen LogP contribution in [0.15, 0.2) is 60.7 Å². The molecule has 3 aromatic rings. The van der Waals surface area contributed by atoms with Gasteiger partial charge in [-0.2, -0.15) is 8.78 Å². The summed E-state index contributed by atoms with van der Waals surface area (Å²) in [5.74, 6) is -0.417. The largest absolute Gasteiger partial charge is 0.429 e. The number of hydrogen-bond donors (Lipinski definition) is 0. The first kappa shape index (κ1) is 19.0. The van der Waals surface area contributed by atoms with Crippen LogP contribution in [0.1, 0.15) is 37.0 Å². The molecule has 3 aromatic carbocycles. The molecule has 0 bridgehead atoms. The van der Waals surface area contributed by atoms with Crippen LogP contribution in [0, 0.1) is 5.82 Å². The van der Waals surface area contributed by atoms with E-state index in [9.17, 15) is 13.2 Å². The van der Waals surface area contributed by atoms with E-state index in [0.29, 0.717) is 10.9 Å². The summed E-state index contributed by atoms with van der Waals surface area (Å²) < 4.78 is 48.0. The molecular formula is C23H21F3O. The Bertz CT molecular complexity index is 959. The molecule has 0 spiro atoms. The minimum absolute atomic E-state index is 0.0108. The van der Waals surface area contributed by atoms with E-state index >= 15 is 0 Å². The van der Waals surface area contributed by atoms with Gasteiger partial charge in [-0.25, -0.2) is 4.39 Å². The van der Waals surface area contributed by atoms with Gasteiger partial charge in [-0.3, -0.25) is 0 Å². The summed E-state index contributed by atoms with van der Waals surface area (Å²) in [6.07, 6.45) is 1.74. The van der Waals surface area contributed by atoms with Gasteiger partial charge in [-0.1, -0.05) is 43.7 Å². The molecule has 0 fully saturated rings. The molecule has 0 radical (unpaired) electrons. The number of alkyl halides is 2. The predicted octanol–water partition coefficient (Wildman–Crippen LogP) is 7.09. The van der Waals surface area contributed by atoms with Crippen molar-refractivity contribution >= 4 is 16.8 Å². The minimum atomic E-state index is -3.47.